The van der Waals surface area contributed by atoms with Crippen LogP contribution in [0.5, 0.6) is 0 Å². The predicted molar refractivity (Wildman–Crippen MR) is 361 cm³/mol. The van der Waals surface area contributed by atoms with Crippen LogP contribution < -0.4 is 0 Å². The lowest BCUT2D eigenvalue weighted by Gasteiger charge is -2.18. The number of ether oxygens (including phenoxy) is 3. The SMILES string of the molecule is CC/C=C\C/C=C\C/C=C\C/C=C\C/C=C\C/C=C\CCCCCCC(=O)OC(COC(=O)C/C=C\C/C=C\C/C=C\C/C=C\C/C=C\CC)COC(=O)CCCCCCCCCCCCCCCC/C=C\C/C=C\C/C=C\C/C=C\CC. The molecule has 0 saturated heterocycles. The van der Waals surface area contributed by atoms with Crippen LogP contribution in [-0.4, -0.2) is 37.2 Å². The summed E-state index contributed by atoms with van der Waals surface area (Å²) >= 11 is 0. The van der Waals surface area contributed by atoms with Crippen molar-refractivity contribution in [3.05, 3.63) is 182 Å². The second-order valence-electron chi connectivity index (χ2n) is 21.2. The molecule has 0 aliphatic heterocycles. The van der Waals surface area contributed by atoms with Gasteiger partial charge in [0.15, 0.2) is 6.10 Å². The molecule has 0 bridgehead atoms. The van der Waals surface area contributed by atoms with Crippen LogP contribution in [0.15, 0.2) is 182 Å². The third-order valence-corrected chi connectivity index (χ3v) is 13.4. The molecule has 83 heavy (non-hydrogen) atoms. The number of unbranched alkanes of at least 4 members (excludes halogenated alkanes) is 18. The van der Waals surface area contributed by atoms with E-state index in [4.69, 9.17) is 14.2 Å². The Morgan fingerprint density at radius 1 is 0.253 bits per heavy atom. The van der Waals surface area contributed by atoms with Crippen molar-refractivity contribution in [2.45, 2.75) is 271 Å². The van der Waals surface area contributed by atoms with E-state index in [-0.39, 0.29) is 38.0 Å². The van der Waals surface area contributed by atoms with E-state index in [9.17, 15) is 14.4 Å². The maximum atomic E-state index is 12.9. The highest BCUT2D eigenvalue weighted by Crippen LogP contribution is 2.15. The van der Waals surface area contributed by atoms with Gasteiger partial charge in [-0.05, 0) is 135 Å². The van der Waals surface area contributed by atoms with Gasteiger partial charge < -0.3 is 14.2 Å². The highest BCUT2D eigenvalue weighted by atomic mass is 16.6. The van der Waals surface area contributed by atoms with Crippen molar-refractivity contribution in [3.63, 3.8) is 0 Å². The zero-order valence-corrected chi connectivity index (χ0v) is 53.1. The molecule has 0 heterocycles. The van der Waals surface area contributed by atoms with Gasteiger partial charge in [-0.15, -0.1) is 0 Å². The fourth-order valence-corrected chi connectivity index (χ4v) is 8.57. The summed E-state index contributed by atoms with van der Waals surface area (Å²) in [5.41, 5.74) is 0. The zero-order valence-electron chi connectivity index (χ0n) is 53.1. The van der Waals surface area contributed by atoms with Crippen molar-refractivity contribution in [2.75, 3.05) is 13.2 Å². The fourth-order valence-electron chi connectivity index (χ4n) is 8.57. The molecule has 0 amide bonds. The number of hydrogen-bond acceptors (Lipinski definition) is 6. The molecule has 0 rings (SSSR count). The van der Waals surface area contributed by atoms with Gasteiger partial charge in [-0.2, -0.15) is 0 Å². The van der Waals surface area contributed by atoms with E-state index < -0.39 is 12.1 Å². The maximum Gasteiger partial charge on any atom is 0.309 e. The predicted octanol–water partition coefficient (Wildman–Crippen LogP) is 23.2. The Morgan fingerprint density at radius 2 is 0.482 bits per heavy atom. The molecule has 0 N–H and O–H groups in total. The molecule has 0 saturated carbocycles. The van der Waals surface area contributed by atoms with Gasteiger partial charge in [-0.1, -0.05) is 293 Å². The molecule has 0 radical (unpaired) electrons. The lowest BCUT2D eigenvalue weighted by molar-refractivity contribution is -0.166. The summed E-state index contributed by atoms with van der Waals surface area (Å²) in [7, 11) is 0. The molecule has 1 unspecified atom stereocenters. The van der Waals surface area contributed by atoms with Gasteiger partial charge in [0.05, 0.1) is 6.42 Å². The first-order valence-corrected chi connectivity index (χ1v) is 33.3. The molecule has 464 valence electrons. The van der Waals surface area contributed by atoms with Crippen molar-refractivity contribution in [1.82, 2.24) is 0 Å². The van der Waals surface area contributed by atoms with E-state index in [0.29, 0.717) is 12.8 Å². The molecule has 0 fully saturated rings. The van der Waals surface area contributed by atoms with Gasteiger partial charge in [-0.3, -0.25) is 14.4 Å². The van der Waals surface area contributed by atoms with Crippen LogP contribution >= 0.6 is 0 Å². The van der Waals surface area contributed by atoms with E-state index in [1.807, 2.05) is 6.08 Å². The number of carbonyl (C=O) groups excluding carboxylic acids is 3. The molecule has 0 aromatic heterocycles. The first-order valence-electron chi connectivity index (χ1n) is 33.3. The number of allylic oxidation sites excluding steroid dienone is 29. The first kappa shape index (κ1) is 77.5. The summed E-state index contributed by atoms with van der Waals surface area (Å²) in [4.78, 5) is 38.3. The second kappa shape index (κ2) is 69.0. The Morgan fingerprint density at radius 3 is 0.783 bits per heavy atom. The molecule has 0 aromatic carbocycles. The Balaban J connectivity index is 4.47. The second-order valence-corrected chi connectivity index (χ2v) is 21.2. The summed E-state index contributed by atoms with van der Waals surface area (Å²) in [6.07, 6.45) is 104. The van der Waals surface area contributed by atoms with Crippen molar-refractivity contribution >= 4 is 17.9 Å². The molecule has 0 spiro atoms. The van der Waals surface area contributed by atoms with Gasteiger partial charge in [0.25, 0.3) is 0 Å². The maximum absolute atomic E-state index is 12.9. The van der Waals surface area contributed by atoms with Gasteiger partial charge in [0, 0.05) is 12.8 Å². The summed E-state index contributed by atoms with van der Waals surface area (Å²) in [6, 6.07) is 0. The van der Waals surface area contributed by atoms with Gasteiger partial charge in [0.1, 0.15) is 13.2 Å². The number of hydrogen-bond donors (Lipinski definition) is 0. The van der Waals surface area contributed by atoms with Crippen molar-refractivity contribution in [2.24, 2.45) is 0 Å². The molecule has 0 aliphatic rings. The van der Waals surface area contributed by atoms with E-state index in [1.54, 1.807) is 6.08 Å². The molecular weight excluding hydrogens is 1020 g/mol. The summed E-state index contributed by atoms with van der Waals surface area (Å²) in [5.74, 6) is -1.09. The number of esters is 3. The molecule has 6 heteroatoms. The molecule has 0 aliphatic carbocycles. The normalized spacial score (nSPS) is 13.3. The van der Waals surface area contributed by atoms with Gasteiger partial charge in [-0.25, -0.2) is 0 Å². The minimum Gasteiger partial charge on any atom is -0.462 e. The Hall–Kier alpha value is -5.49. The lowest BCUT2D eigenvalue weighted by Crippen LogP contribution is -2.30. The topological polar surface area (TPSA) is 78.9 Å². The molecule has 0 aromatic rings. The van der Waals surface area contributed by atoms with E-state index in [0.717, 1.165) is 141 Å². The van der Waals surface area contributed by atoms with Crippen LogP contribution in [0.1, 0.15) is 265 Å². The lowest BCUT2D eigenvalue weighted by atomic mass is 10.0. The third kappa shape index (κ3) is 67.2. The summed E-state index contributed by atoms with van der Waals surface area (Å²) < 4.78 is 16.8. The molecular formula is C77H120O6. The van der Waals surface area contributed by atoms with Crippen LogP contribution in [0.2, 0.25) is 0 Å². The average molecular weight is 1140 g/mol. The summed E-state index contributed by atoms with van der Waals surface area (Å²) in [5, 5.41) is 0. The van der Waals surface area contributed by atoms with E-state index >= 15 is 0 Å². The van der Waals surface area contributed by atoms with E-state index in [2.05, 4.69) is 191 Å². The van der Waals surface area contributed by atoms with Crippen LogP contribution in [0, 0.1) is 0 Å². The molecule has 1 atom stereocenters. The molecule has 6 nitrogen and oxygen atoms in total. The minimum atomic E-state index is -0.844. The first-order chi connectivity index (χ1) is 41.0. The van der Waals surface area contributed by atoms with Crippen molar-refractivity contribution in [1.29, 1.82) is 0 Å². The van der Waals surface area contributed by atoms with Crippen molar-refractivity contribution in [3.8, 4) is 0 Å². The van der Waals surface area contributed by atoms with Crippen LogP contribution in [0.3, 0.4) is 0 Å². The van der Waals surface area contributed by atoms with E-state index in [1.165, 1.54) is 77.0 Å². The third-order valence-electron chi connectivity index (χ3n) is 13.4. The van der Waals surface area contributed by atoms with Gasteiger partial charge in [0.2, 0.25) is 0 Å². The smallest absolute Gasteiger partial charge is 0.309 e. The Bertz CT molecular complexity index is 1940. The largest absolute Gasteiger partial charge is 0.462 e. The van der Waals surface area contributed by atoms with Crippen LogP contribution in [0.4, 0.5) is 0 Å². The monoisotopic (exact) mass is 1140 g/mol. The number of rotatable bonds is 58. The number of carbonyl (C=O) groups is 3. The fraction of sp³-hybridized carbons (Fsp3) is 0.571. The van der Waals surface area contributed by atoms with Gasteiger partial charge >= 0.3 is 17.9 Å². The summed E-state index contributed by atoms with van der Waals surface area (Å²) in [6.45, 7) is 6.19. The van der Waals surface area contributed by atoms with Crippen LogP contribution in [0.25, 0.3) is 0 Å². The highest BCUT2D eigenvalue weighted by Gasteiger charge is 2.19. The standard InChI is InChI=1S/C77H120O6/c1-4-7-10-13-16-19-22-25-28-30-32-34-36-37-38-39-41-42-44-46-49-52-55-58-61-64-67-70-76(79)82-73-74(72-81-75(78)69-66-63-60-57-54-51-48-27-24-21-18-15-12-9-6-3)83-77(80)71-68-65-62-59-56-53-50-47-45-43-40-35-33-31-29-26-23-20-17-14-11-8-5-2/h7-12,16-21,25-29,32-35,43,45,48,50,53-54,57,63,66,74H,4-6,13-15,22-24,30-31,36-42,44,46-47,49,51-52,55-56,58-62,64-65,67-73H2,1-3H3/b10-7-,11-8-,12-9-,19-16-,20-17-,21-18-,28-25-,29-26-,34-32-,35-33-,45-43-,48-27-,53-50-,57-54-,66-63-. The highest BCUT2D eigenvalue weighted by molar-refractivity contribution is 5.72. The average Bonchev–Trinajstić information content (AvgIpc) is 3.49. The Labute approximate surface area is 510 Å². The Kier molecular flexibility index (Phi) is 64.4. The minimum absolute atomic E-state index is 0.113. The van der Waals surface area contributed by atoms with Crippen molar-refractivity contribution < 1.29 is 28.6 Å². The quantitative estimate of drug-likeness (QED) is 0.0261. The zero-order chi connectivity index (χ0) is 59.9. The van der Waals surface area contributed by atoms with Crippen LogP contribution in [-0.2, 0) is 28.6 Å².